The van der Waals surface area contributed by atoms with Crippen LogP contribution in [0.15, 0.2) is 42.5 Å². The fourth-order valence-corrected chi connectivity index (χ4v) is 2.41. The van der Waals surface area contributed by atoms with Crippen molar-refractivity contribution in [2.45, 2.75) is 0 Å². The first-order valence-corrected chi connectivity index (χ1v) is 7.45. The largest absolute Gasteiger partial charge is 0.495 e. The van der Waals surface area contributed by atoms with Crippen LogP contribution in [0.2, 0.25) is 10.0 Å². The second kappa shape index (κ2) is 7.90. The zero-order valence-corrected chi connectivity index (χ0v) is 14.1. The lowest BCUT2D eigenvalue weighted by Gasteiger charge is -2.06. The molecule has 120 valence electrons. The number of hydrogen-bond donors (Lipinski definition) is 1. The molecule has 0 aliphatic heterocycles. The van der Waals surface area contributed by atoms with Gasteiger partial charge in [0.1, 0.15) is 11.5 Å². The Labute approximate surface area is 144 Å². The van der Waals surface area contributed by atoms with Crippen LogP contribution in [0.25, 0.3) is 6.08 Å². The van der Waals surface area contributed by atoms with Gasteiger partial charge in [0.2, 0.25) is 5.91 Å². The number of hydrogen-bond acceptors (Lipinski definition) is 3. The summed E-state index contributed by atoms with van der Waals surface area (Å²) in [5.74, 6) is 0.854. The number of carbonyl (C=O) groups excluding carboxylic acids is 1. The highest BCUT2D eigenvalue weighted by Crippen LogP contribution is 2.27. The van der Waals surface area contributed by atoms with Crippen LogP contribution in [-0.2, 0) is 4.79 Å². The number of methoxy groups -OCH3 is 2. The molecular weight excluding hydrogens is 337 g/mol. The van der Waals surface area contributed by atoms with Gasteiger partial charge in [0, 0.05) is 11.8 Å². The van der Waals surface area contributed by atoms with Crippen LogP contribution in [0.5, 0.6) is 11.5 Å². The summed E-state index contributed by atoms with van der Waals surface area (Å²) >= 11 is 12.0. The van der Waals surface area contributed by atoms with Gasteiger partial charge in [0.25, 0.3) is 0 Å². The Kier molecular flexibility index (Phi) is 5.90. The van der Waals surface area contributed by atoms with E-state index in [1.807, 2.05) is 0 Å². The molecule has 0 aliphatic rings. The Morgan fingerprint density at radius 2 is 1.61 bits per heavy atom. The predicted molar refractivity (Wildman–Crippen MR) is 93.7 cm³/mol. The Balaban J connectivity index is 2.04. The zero-order valence-electron chi connectivity index (χ0n) is 12.6. The van der Waals surface area contributed by atoms with Crippen molar-refractivity contribution in [3.63, 3.8) is 0 Å². The summed E-state index contributed by atoms with van der Waals surface area (Å²) in [6.45, 7) is 0. The third kappa shape index (κ3) is 4.65. The van der Waals surface area contributed by atoms with Crippen LogP contribution in [0, 0.1) is 0 Å². The van der Waals surface area contributed by atoms with E-state index in [1.54, 1.807) is 49.6 Å². The molecule has 4 nitrogen and oxygen atoms in total. The SMILES string of the molecule is COc1ccc(/C=C/C(=O)Nc2ccc(OC)c(Cl)c2)cc1Cl. The van der Waals surface area contributed by atoms with Gasteiger partial charge in [-0.15, -0.1) is 0 Å². The molecule has 1 N–H and O–H groups in total. The molecule has 23 heavy (non-hydrogen) atoms. The van der Waals surface area contributed by atoms with Gasteiger partial charge in [0.15, 0.2) is 0 Å². The fourth-order valence-electron chi connectivity index (χ4n) is 1.89. The smallest absolute Gasteiger partial charge is 0.248 e. The summed E-state index contributed by atoms with van der Waals surface area (Å²) in [4.78, 5) is 11.9. The molecule has 0 unspecified atom stereocenters. The number of halogens is 2. The van der Waals surface area contributed by atoms with E-state index < -0.39 is 0 Å². The molecule has 0 heterocycles. The number of benzene rings is 2. The molecule has 0 radical (unpaired) electrons. The maximum Gasteiger partial charge on any atom is 0.248 e. The van der Waals surface area contributed by atoms with Crippen LogP contribution in [0.3, 0.4) is 0 Å². The summed E-state index contributed by atoms with van der Waals surface area (Å²) < 4.78 is 10.1. The summed E-state index contributed by atoms with van der Waals surface area (Å²) in [5, 5.41) is 3.63. The molecule has 6 heteroatoms. The van der Waals surface area contributed by atoms with Gasteiger partial charge in [-0.1, -0.05) is 29.3 Å². The number of ether oxygens (including phenoxy) is 2. The van der Waals surface area contributed by atoms with Gasteiger partial charge in [-0.2, -0.15) is 0 Å². The number of carbonyl (C=O) groups is 1. The topological polar surface area (TPSA) is 47.6 Å². The number of amides is 1. The molecule has 0 atom stereocenters. The van der Waals surface area contributed by atoms with Gasteiger partial charge in [-0.25, -0.2) is 0 Å². The maximum absolute atomic E-state index is 11.9. The standard InChI is InChI=1S/C17H15Cl2NO3/c1-22-15-6-3-11(9-13(15)18)4-8-17(21)20-12-5-7-16(23-2)14(19)10-12/h3-10H,1-2H3,(H,20,21)/b8-4+. The molecule has 2 aromatic carbocycles. The number of rotatable bonds is 5. The van der Waals surface area contributed by atoms with Crippen molar-refractivity contribution < 1.29 is 14.3 Å². The minimum Gasteiger partial charge on any atom is -0.495 e. The van der Waals surface area contributed by atoms with E-state index in [2.05, 4.69) is 5.32 Å². The minimum absolute atomic E-state index is 0.279. The van der Waals surface area contributed by atoms with Crippen LogP contribution >= 0.6 is 23.2 Å². The summed E-state index contributed by atoms with van der Waals surface area (Å²) in [5.41, 5.74) is 1.37. The summed E-state index contributed by atoms with van der Waals surface area (Å²) in [7, 11) is 3.08. The predicted octanol–water partition coefficient (Wildman–Crippen LogP) is 4.66. The molecular formula is C17H15Cl2NO3. The van der Waals surface area contributed by atoms with E-state index in [4.69, 9.17) is 32.7 Å². The Morgan fingerprint density at radius 3 is 2.17 bits per heavy atom. The van der Waals surface area contributed by atoms with Crippen molar-refractivity contribution in [2.24, 2.45) is 0 Å². The van der Waals surface area contributed by atoms with Crippen molar-refractivity contribution in [3.8, 4) is 11.5 Å². The average Bonchev–Trinajstić information content (AvgIpc) is 2.53. The van der Waals surface area contributed by atoms with Crippen molar-refractivity contribution in [3.05, 3.63) is 58.1 Å². The van der Waals surface area contributed by atoms with Crippen LogP contribution in [-0.4, -0.2) is 20.1 Å². The highest BCUT2D eigenvalue weighted by atomic mass is 35.5. The van der Waals surface area contributed by atoms with E-state index >= 15 is 0 Å². The molecule has 0 saturated heterocycles. The molecule has 0 fully saturated rings. The lowest BCUT2D eigenvalue weighted by molar-refractivity contribution is -0.111. The molecule has 0 aromatic heterocycles. The van der Waals surface area contributed by atoms with E-state index in [-0.39, 0.29) is 5.91 Å². The normalized spacial score (nSPS) is 10.6. The Bertz CT molecular complexity index is 745. The van der Waals surface area contributed by atoms with Gasteiger partial charge in [-0.3, -0.25) is 4.79 Å². The summed E-state index contributed by atoms with van der Waals surface area (Å²) in [6.07, 6.45) is 3.07. The van der Waals surface area contributed by atoms with Crippen LogP contribution < -0.4 is 14.8 Å². The van der Waals surface area contributed by atoms with E-state index in [0.29, 0.717) is 27.2 Å². The molecule has 2 rings (SSSR count). The second-order valence-corrected chi connectivity index (χ2v) is 5.38. The molecule has 2 aromatic rings. The molecule has 1 amide bonds. The number of anilines is 1. The van der Waals surface area contributed by atoms with Gasteiger partial charge in [-0.05, 0) is 42.0 Å². The second-order valence-electron chi connectivity index (χ2n) is 4.57. The first-order valence-electron chi connectivity index (χ1n) is 6.69. The molecule has 0 spiro atoms. The van der Waals surface area contributed by atoms with Gasteiger partial charge < -0.3 is 14.8 Å². The Morgan fingerprint density at radius 1 is 1.00 bits per heavy atom. The maximum atomic E-state index is 11.9. The van der Waals surface area contributed by atoms with Crippen molar-refractivity contribution >= 4 is 40.9 Å². The Hall–Kier alpha value is -2.17. The van der Waals surface area contributed by atoms with Crippen LogP contribution in [0.1, 0.15) is 5.56 Å². The number of nitrogens with one attached hydrogen (secondary N) is 1. The van der Waals surface area contributed by atoms with E-state index in [9.17, 15) is 4.79 Å². The summed E-state index contributed by atoms with van der Waals surface area (Å²) in [6, 6.07) is 10.3. The van der Waals surface area contributed by atoms with Gasteiger partial charge >= 0.3 is 0 Å². The fraction of sp³-hybridized carbons (Fsp3) is 0.118. The highest BCUT2D eigenvalue weighted by molar-refractivity contribution is 6.32. The minimum atomic E-state index is -0.279. The lowest BCUT2D eigenvalue weighted by Crippen LogP contribution is -2.07. The van der Waals surface area contributed by atoms with E-state index in [1.165, 1.54) is 13.2 Å². The van der Waals surface area contributed by atoms with Crippen molar-refractivity contribution in [1.29, 1.82) is 0 Å². The first kappa shape index (κ1) is 17.2. The quantitative estimate of drug-likeness (QED) is 0.796. The average molecular weight is 352 g/mol. The monoisotopic (exact) mass is 351 g/mol. The molecule has 0 bridgehead atoms. The lowest BCUT2D eigenvalue weighted by atomic mass is 10.2. The third-order valence-electron chi connectivity index (χ3n) is 3.02. The van der Waals surface area contributed by atoms with Crippen molar-refractivity contribution in [2.75, 3.05) is 19.5 Å². The molecule has 0 aliphatic carbocycles. The van der Waals surface area contributed by atoms with Crippen molar-refractivity contribution in [1.82, 2.24) is 0 Å². The third-order valence-corrected chi connectivity index (χ3v) is 3.61. The first-order chi connectivity index (χ1) is 11.0. The van der Waals surface area contributed by atoms with Gasteiger partial charge in [0.05, 0.1) is 24.3 Å². The van der Waals surface area contributed by atoms with E-state index in [0.717, 1.165) is 5.56 Å². The zero-order chi connectivity index (χ0) is 16.8. The molecule has 0 saturated carbocycles. The van der Waals surface area contributed by atoms with Crippen LogP contribution in [0.4, 0.5) is 5.69 Å². The highest BCUT2D eigenvalue weighted by Gasteiger charge is 2.04.